The van der Waals surface area contributed by atoms with E-state index < -0.39 is 0 Å². The Bertz CT molecular complexity index is 185. The van der Waals surface area contributed by atoms with Gasteiger partial charge >= 0.3 is 5.97 Å². The molecule has 0 bridgehead atoms. The number of carbonyl (C=O) groups is 1. The third kappa shape index (κ3) is 9.00. The van der Waals surface area contributed by atoms with Crippen molar-refractivity contribution in [1.29, 1.82) is 0 Å². The summed E-state index contributed by atoms with van der Waals surface area (Å²) in [6.07, 6.45) is 6.62. The Kier molecular flexibility index (Phi) is 9.22. The summed E-state index contributed by atoms with van der Waals surface area (Å²) in [5.41, 5.74) is 0. The fourth-order valence-corrected chi connectivity index (χ4v) is 0.729. The Labute approximate surface area is 85.4 Å². The molecule has 0 atom stereocenters. The third-order valence-electron chi connectivity index (χ3n) is 1.45. The van der Waals surface area contributed by atoms with E-state index in [0.29, 0.717) is 19.8 Å². The highest BCUT2D eigenvalue weighted by Crippen LogP contribution is 1.89. The van der Waals surface area contributed by atoms with Crippen LogP contribution in [0.1, 0.15) is 19.8 Å². The van der Waals surface area contributed by atoms with Gasteiger partial charge in [-0.25, -0.2) is 4.79 Å². The van der Waals surface area contributed by atoms with Crippen LogP contribution in [-0.4, -0.2) is 25.8 Å². The summed E-state index contributed by atoms with van der Waals surface area (Å²) in [4.78, 5) is 11.0. The Balaban J connectivity index is 3.36. The lowest BCUT2D eigenvalue weighted by Crippen LogP contribution is -2.02. The fourth-order valence-electron chi connectivity index (χ4n) is 0.729. The lowest BCUT2D eigenvalue weighted by molar-refractivity contribution is -0.137. The molecule has 0 aliphatic heterocycles. The molecule has 0 amide bonds. The van der Waals surface area contributed by atoms with Crippen LogP contribution in [0.25, 0.3) is 0 Å². The van der Waals surface area contributed by atoms with Crippen LogP contribution in [-0.2, 0) is 14.3 Å². The van der Waals surface area contributed by atoms with Gasteiger partial charge in [0.2, 0.25) is 0 Å². The first-order valence-corrected chi connectivity index (χ1v) is 4.83. The zero-order valence-electron chi connectivity index (χ0n) is 8.70. The Morgan fingerprint density at radius 2 is 2.21 bits per heavy atom. The van der Waals surface area contributed by atoms with Gasteiger partial charge in [0.05, 0.1) is 19.8 Å². The van der Waals surface area contributed by atoms with Crippen molar-refractivity contribution < 1.29 is 14.3 Å². The largest absolute Gasteiger partial charge is 0.463 e. The highest BCUT2D eigenvalue weighted by atomic mass is 16.5. The summed E-state index contributed by atoms with van der Waals surface area (Å²) in [5, 5.41) is 0. The molecule has 0 N–H and O–H groups in total. The quantitative estimate of drug-likeness (QED) is 0.259. The topological polar surface area (TPSA) is 35.5 Å². The molecular weight excluding hydrogens is 180 g/mol. The fraction of sp³-hybridized carbons (Fsp3) is 0.545. The minimum Gasteiger partial charge on any atom is -0.463 e. The van der Waals surface area contributed by atoms with Crippen LogP contribution in [0.2, 0.25) is 0 Å². The molecule has 0 saturated carbocycles. The molecule has 0 radical (unpaired) electrons. The number of carbonyl (C=O) groups excluding carboxylic acids is 1. The van der Waals surface area contributed by atoms with Crippen LogP contribution in [0.4, 0.5) is 0 Å². The zero-order chi connectivity index (χ0) is 10.6. The highest BCUT2D eigenvalue weighted by molar-refractivity contribution is 5.81. The van der Waals surface area contributed by atoms with Gasteiger partial charge in [-0.1, -0.05) is 25.5 Å². The molecule has 0 spiro atoms. The first kappa shape index (κ1) is 12.9. The van der Waals surface area contributed by atoms with Crippen LogP contribution in [0, 0.1) is 0 Å². The van der Waals surface area contributed by atoms with Crippen molar-refractivity contribution in [3.05, 3.63) is 24.8 Å². The van der Waals surface area contributed by atoms with E-state index >= 15 is 0 Å². The average Bonchev–Trinajstić information content (AvgIpc) is 2.18. The van der Waals surface area contributed by atoms with E-state index in [0.717, 1.165) is 12.8 Å². The van der Waals surface area contributed by atoms with Crippen LogP contribution >= 0.6 is 0 Å². The van der Waals surface area contributed by atoms with Crippen molar-refractivity contribution >= 4 is 5.97 Å². The van der Waals surface area contributed by atoms with E-state index in [-0.39, 0.29) is 5.97 Å². The lowest BCUT2D eigenvalue weighted by atomic mass is 10.4. The number of esters is 1. The van der Waals surface area contributed by atoms with Crippen LogP contribution in [0.3, 0.4) is 0 Å². The normalized spacial score (nSPS) is 10.4. The van der Waals surface area contributed by atoms with Crippen molar-refractivity contribution in [2.24, 2.45) is 0 Å². The van der Waals surface area contributed by atoms with Gasteiger partial charge in [-0.2, -0.15) is 0 Å². The second-order valence-corrected chi connectivity index (χ2v) is 2.75. The van der Waals surface area contributed by atoms with E-state index in [9.17, 15) is 4.79 Å². The lowest BCUT2D eigenvalue weighted by Gasteiger charge is -1.99. The third-order valence-corrected chi connectivity index (χ3v) is 1.45. The first-order chi connectivity index (χ1) is 6.81. The van der Waals surface area contributed by atoms with Crippen molar-refractivity contribution in [3.8, 4) is 0 Å². The van der Waals surface area contributed by atoms with E-state index in [2.05, 4.69) is 6.58 Å². The summed E-state index contributed by atoms with van der Waals surface area (Å²) < 4.78 is 9.93. The molecular formula is C11H18O3. The molecule has 14 heavy (non-hydrogen) atoms. The molecule has 0 aromatic rings. The Morgan fingerprint density at radius 1 is 1.43 bits per heavy atom. The molecule has 0 unspecified atom stereocenters. The number of hydrogen-bond acceptors (Lipinski definition) is 3. The van der Waals surface area contributed by atoms with Crippen LogP contribution in [0.5, 0.6) is 0 Å². The summed E-state index contributed by atoms with van der Waals surface area (Å²) in [6, 6.07) is 0. The van der Waals surface area contributed by atoms with Gasteiger partial charge in [0.15, 0.2) is 0 Å². The minimum atomic E-state index is -0.305. The van der Waals surface area contributed by atoms with Crippen molar-refractivity contribution in [2.75, 3.05) is 19.8 Å². The first-order valence-electron chi connectivity index (χ1n) is 4.83. The highest BCUT2D eigenvalue weighted by Gasteiger charge is 1.94. The summed E-state index contributed by atoms with van der Waals surface area (Å²) in [7, 11) is 0. The standard InChI is InChI=1S/C11H18O3/c1-3-5-10-14-11(12)7-6-9-13-8-4-2/h4,6-7H,2-3,5,8-10H2,1H3. The zero-order valence-corrected chi connectivity index (χ0v) is 8.70. The molecule has 0 fully saturated rings. The monoisotopic (exact) mass is 198 g/mol. The summed E-state index contributed by atoms with van der Waals surface area (Å²) in [5.74, 6) is -0.305. The molecule has 0 aliphatic carbocycles. The van der Waals surface area contributed by atoms with Gasteiger partial charge < -0.3 is 9.47 Å². The van der Waals surface area contributed by atoms with Crippen LogP contribution in [0.15, 0.2) is 24.8 Å². The number of rotatable bonds is 8. The molecule has 0 rings (SSSR count). The van der Waals surface area contributed by atoms with Gasteiger partial charge in [-0.3, -0.25) is 0 Å². The van der Waals surface area contributed by atoms with Gasteiger partial charge in [0.25, 0.3) is 0 Å². The number of unbranched alkanes of at least 4 members (excludes halogenated alkanes) is 1. The predicted octanol–water partition coefficient (Wildman–Crippen LogP) is 2.09. The Hall–Kier alpha value is -1.09. The van der Waals surface area contributed by atoms with Crippen molar-refractivity contribution in [2.45, 2.75) is 19.8 Å². The molecule has 0 aromatic heterocycles. The molecule has 3 heteroatoms. The predicted molar refractivity (Wildman–Crippen MR) is 56.0 cm³/mol. The SMILES string of the molecule is C=CCOCC=CC(=O)OCCCC. The molecule has 0 saturated heterocycles. The molecule has 80 valence electrons. The molecule has 0 aromatic carbocycles. The van der Waals surface area contributed by atoms with E-state index in [4.69, 9.17) is 9.47 Å². The molecule has 0 aliphatic rings. The van der Waals surface area contributed by atoms with Gasteiger partial charge in [-0.15, -0.1) is 6.58 Å². The smallest absolute Gasteiger partial charge is 0.330 e. The maximum Gasteiger partial charge on any atom is 0.330 e. The van der Waals surface area contributed by atoms with Gasteiger partial charge in [-0.05, 0) is 6.42 Å². The van der Waals surface area contributed by atoms with Gasteiger partial charge in [0.1, 0.15) is 0 Å². The van der Waals surface area contributed by atoms with E-state index in [1.165, 1.54) is 6.08 Å². The number of ether oxygens (including phenoxy) is 2. The average molecular weight is 198 g/mol. The number of hydrogen-bond donors (Lipinski definition) is 0. The second kappa shape index (κ2) is 9.99. The molecule has 0 heterocycles. The summed E-state index contributed by atoms with van der Waals surface area (Å²) in [6.45, 7) is 6.95. The minimum absolute atomic E-state index is 0.305. The summed E-state index contributed by atoms with van der Waals surface area (Å²) >= 11 is 0. The second-order valence-electron chi connectivity index (χ2n) is 2.75. The van der Waals surface area contributed by atoms with E-state index in [1.54, 1.807) is 12.2 Å². The maximum atomic E-state index is 11.0. The van der Waals surface area contributed by atoms with Crippen molar-refractivity contribution in [1.82, 2.24) is 0 Å². The molecule has 3 nitrogen and oxygen atoms in total. The maximum absolute atomic E-state index is 11.0. The Morgan fingerprint density at radius 3 is 2.86 bits per heavy atom. The van der Waals surface area contributed by atoms with Crippen LogP contribution < -0.4 is 0 Å². The van der Waals surface area contributed by atoms with Crippen molar-refractivity contribution in [3.63, 3.8) is 0 Å². The van der Waals surface area contributed by atoms with E-state index in [1.807, 2.05) is 6.92 Å². The van der Waals surface area contributed by atoms with Gasteiger partial charge in [0, 0.05) is 6.08 Å².